The van der Waals surface area contributed by atoms with Gasteiger partial charge in [-0.05, 0) is 39.2 Å². The van der Waals surface area contributed by atoms with Gasteiger partial charge in [-0.15, -0.1) is 0 Å². The molecule has 0 unspecified atom stereocenters. The van der Waals surface area contributed by atoms with Gasteiger partial charge >= 0.3 is 0 Å². The molecule has 0 bridgehead atoms. The van der Waals surface area contributed by atoms with Crippen LogP contribution in [0.1, 0.15) is 86.5 Å². The van der Waals surface area contributed by atoms with Crippen LogP contribution in [0.4, 0.5) is 0 Å². The number of rotatable bonds is 2. The fourth-order valence-corrected chi connectivity index (χ4v) is 2.76. The predicted molar refractivity (Wildman–Crippen MR) is 89.9 cm³/mol. The van der Waals surface area contributed by atoms with E-state index in [-0.39, 0.29) is 11.0 Å². The maximum absolute atomic E-state index is 5.37. The highest BCUT2D eigenvalue weighted by Gasteiger charge is 2.24. The largest absolute Gasteiger partial charge is 0.342 e. The molecular weight excluding hydrogens is 260 g/mol. The Hall–Kier alpha value is -0.760. The van der Waals surface area contributed by atoms with Crippen LogP contribution in [0.25, 0.3) is 0 Å². The molecular formula is C19H34O2. The summed E-state index contributed by atoms with van der Waals surface area (Å²) in [6.45, 7) is 12.4. The minimum Gasteiger partial charge on any atom is -0.342 e. The van der Waals surface area contributed by atoms with Gasteiger partial charge in [-0.2, -0.15) is 4.89 Å². The number of hydrogen-bond donors (Lipinski definition) is 0. The van der Waals surface area contributed by atoms with Gasteiger partial charge in [0.1, 0.15) is 11.4 Å². The quantitative estimate of drug-likeness (QED) is 0.437. The lowest BCUT2D eigenvalue weighted by molar-refractivity contribution is -0.324. The Bertz CT molecular complexity index is 354. The van der Waals surface area contributed by atoms with E-state index >= 15 is 0 Å². The van der Waals surface area contributed by atoms with Gasteiger partial charge in [0, 0.05) is 6.42 Å². The van der Waals surface area contributed by atoms with Crippen molar-refractivity contribution in [3.05, 3.63) is 23.5 Å². The molecule has 2 heteroatoms. The van der Waals surface area contributed by atoms with E-state index in [2.05, 4.69) is 26.8 Å². The molecule has 1 saturated carbocycles. The van der Waals surface area contributed by atoms with Crippen LogP contribution < -0.4 is 0 Å². The van der Waals surface area contributed by atoms with E-state index in [0.29, 0.717) is 0 Å². The lowest BCUT2D eigenvalue weighted by atomic mass is 9.83. The summed E-state index contributed by atoms with van der Waals surface area (Å²) in [4.78, 5) is 10.7. The second kappa shape index (κ2) is 8.03. The third kappa shape index (κ3) is 8.98. The first-order valence-electron chi connectivity index (χ1n) is 8.44. The molecule has 0 aromatic carbocycles. The molecule has 0 aromatic rings. The van der Waals surface area contributed by atoms with Crippen molar-refractivity contribution in [2.75, 3.05) is 0 Å². The van der Waals surface area contributed by atoms with Crippen LogP contribution in [0.5, 0.6) is 0 Å². The van der Waals surface area contributed by atoms with Crippen LogP contribution in [-0.4, -0.2) is 5.60 Å². The van der Waals surface area contributed by atoms with Crippen LogP contribution in [0.15, 0.2) is 23.5 Å². The summed E-state index contributed by atoms with van der Waals surface area (Å²) < 4.78 is 0. The molecule has 0 aliphatic heterocycles. The Balaban J connectivity index is 0.000000304. The van der Waals surface area contributed by atoms with Gasteiger partial charge in [0.15, 0.2) is 0 Å². The van der Waals surface area contributed by atoms with Crippen LogP contribution in [-0.2, 0) is 9.78 Å². The smallest absolute Gasteiger partial charge is 0.143 e. The van der Waals surface area contributed by atoms with Gasteiger partial charge < -0.3 is 4.89 Å². The zero-order valence-corrected chi connectivity index (χ0v) is 14.9. The van der Waals surface area contributed by atoms with Crippen molar-refractivity contribution in [1.29, 1.82) is 0 Å². The maximum atomic E-state index is 5.37. The molecule has 2 rings (SSSR count). The zero-order valence-electron chi connectivity index (χ0n) is 14.9. The Kier molecular flexibility index (Phi) is 6.99. The lowest BCUT2D eigenvalue weighted by Gasteiger charge is -2.27. The Morgan fingerprint density at radius 1 is 0.952 bits per heavy atom. The molecule has 0 atom stereocenters. The van der Waals surface area contributed by atoms with E-state index in [4.69, 9.17) is 9.78 Å². The lowest BCUT2D eigenvalue weighted by Crippen LogP contribution is -2.21. The zero-order chi connectivity index (χ0) is 15.9. The van der Waals surface area contributed by atoms with Crippen molar-refractivity contribution in [2.24, 2.45) is 5.41 Å². The first-order valence-corrected chi connectivity index (χ1v) is 8.44. The normalized spacial score (nSPS) is 21.6. The Labute approximate surface area is 131 Å². The van der Waals surface area contributed by atoms with E-state index < -0.39 is 0 Å². The number of allylic oxidation sites excluding steroid dienone is 4. The van der Waals surface area contributed by atoms with Gasteiger partial charge in [-0.1, -0.05) is 64.0 Å². The van der Waals surface area contributed by atoms with E-state index in [0.717, 1.165) is 12.2 Å². The SMILES string of the molecule is C1CCCCC1.CC1=CC(C)(C)CC(OOC(C)(C)C)=C1. The molecule has 0 spiro atoms. The molecule has 0 saturated heterocycles. The highest BCUT2D eigenvalue weighted by atomic mass is 17.2. The molecule has 0 N–H and O–H groups in total. The molecule has 2 nitrogen and oxygen atoms in total. The molecule has 1 fully saturated rings. The average Bonchev–Trinajstić information content (AvgIpc) is 2.36. The average molecular weight is 294 g/mol. The monoisotopic (exact) mass is 294 g/mol. The second-order valence-corrected chi connectivity index (χ2v) is 8.06. The van der Waals surface area contributed by atoms with Crippen LogP contribution >= 0.6 is 0 Å². The van der Waals surface area contributed by atoms with E-state index in [1.807, 2.05) is 26.8 Å². The van der Waals surface area contributed by atoms with Crippen LogP contribution in [0, 0.1) is 5.41 Å². The first-order chi connectivity index (χ1) is 9.68. The Morgan fingerprint density at radius 2 is 1.43 bits per heavy atom. The summed E-state index contributed by atoms with van der Waals surface area (Å²) >= 11 is 0. The van der Waals surface area contributed by atoms with Gasteiger partial charge in [-0.25, -0.2) is 0 Å². The Morgan fingerprint density at radius 3 is 1.81 bits per heavy atom. The molecule has 0 heterocycles. The highest BCUT2D eigenvalue weighted by molar-refractivity contribution is 5.27. The molecule has 122 valence electrons. The number of hydrogen-bond acceptors (Lipinski definition) is 2. The summed E-state index contributed by atoms with van der Waals surface area (Å²) in [5.41, 5.74) is 1.13. The van der Waals surface area contributed by atoms with Crippen molar-refractivity contribution < 1.29 is 9.78 Å². The molecule has 0 radical (unpaired) electrons. The summed E-state index contributed by atoms with van der Waals surface area (Å²) in [7, 11) is 0. The molecule has 0 amide bonds. The maximum Gasteiger partial charge on any atom is 0.143 e. The van der Waals surface area contributed by atoms with Crippen molar-refractivity contribution in [3.63, 3.8) is 0 Å². The van der Waals surface area contributed by atoms with Gasteiger partial charge in [0.2, 0.25) is 0 Å². The van der Waals surface area contributed by atoms with Gasteiger partial charge in [-0.3, -0.25) is 0 Å². The molecule has 0 aromatic heterocycles. The second-order valence-electron chi connectivity index (χ2n) is 8.06. The highest BCUT2D eigenvalue weighted by Crippen LogP contribution is 2.34. The van der Waals surface area contributed by atoms with Gasteiger partial charge in [0.05, 0.1) is 0 Å². The fraction of sp³-hybridized carbons (Fsp3) is 0.789. The molecule has 21 heavy (non-hydrogen) atoms. The van der Waals surface area contributed by atoms with E-state index in [1.54, 1.807) is 0 Å². The van der Waals surface area contributed by atoms with Crippen molar-refractivity contribution in [3.8, 4) is 0 Å². The summed E-state index contributed by atoms with van der Waals surface area (Å²) in [5.74, 6) is 0.912. The minimum absolute atomic E-state index is 0.162. The summed E-state index contributed by atoms with van der Waals surface area (Å²) in [5, 5.41) is 0. The predicted octanol–water partition coefficient (Wildman–Crippen LogP) is 6.33. The van der Waals surface area contributed by atoms with E-state index in [1.165, 1.54) is 44.1 Å². The minimum atomic E-state index is -0.264. The summed E-state index contributed by atoms with van der Waals surface area (Å²) in [6, 6.07) is 0. The fourth-order valence-electron chi connectivity index (χ4n) is 2.76. The summed E-state index contributed by atoms with van der Waals surface area (Å²) in [6.07, 6.45) is 14.2. The van der Waals surface area contributed by atoms with Crippen LogP contribution in [0.2, 0.25) is 0 Å². The third-order valence-corrected chi connectivity index (χ3v) is 3.54. The molecule has 2 aliphatic carbocycles. The van der Waals surface area contributed by atoms with Crippen molar-refractivity contribution in [1.82, 2.24) is 0 Å². The van der Waals surface area contributed by atoms with E-state index in [9.17, 15) is 0 Å². The van der Waals surface area contributed by atoms with Crippen LogP contribution in [0.3, 0.4) is 0 Å². The van der Waals surface area contributed by atoms with Gasteiger partial charge in [0.25, 0.3) is 0 Å². The topological polar surface area (TPSA) is 18.5 Å². The third-order valence-electron chi connectivity index (χ3n) is 3.54. The van der Waals surface area contributed by atoms with Crippen molar-refractivity contribution >= 4 is 0 Å². The first kappa shape index (κ1) is 18.3. The molecule has 2 aliphatic rings. The van der Waals surface area contributed by atoms with Crippen molar-refractivity contribution in [2.45, 2.75) is 92.1 Å². The standard InChI is InChI=1S/C13H22O2.C6H12/c1-10-7-11(9-13(5,6)8-10)14-15-12(2,3)4;1-2-4-6-5-3-1/h7-8H,9H2,1-6H3;1-6H2.